The highest BCUT2D eigenvalue weighted by molar-refractivity contribution is 5.99. The van der Waals surface area contributed by atoms with E-state index in [0.29, 0.717) is 11.6 Å². The largest absolute Gasteiger partial charge is 0.385 e. The summed E-state index contributed by atoms with van der Waals surface area (Å²) in [4.78, 5) is 16.9. The van der Waals surface area contributed by atoms with Crippen molar-refractivity contribution in [2.24, 2.45) is 5.92 Å². The van der Waals surface area contributed by atoms with Crippen LogP contribution in [0.2, 0.25) is 0 Å². The standard InChI is InChI=1S/C17H21N3O/c1-3-18-15-10-16(17(21)19-11(2)12-8-9-12)20-14-7-5-4-6-13(14)15/h4-7,10-12H,3,8-9H2,1-2H3,(H,18,20)(H,19,21). The molecule has 1 aliphatic carbocycles. The lowest BCUT2D eigenvalue weighted by molar-refractivity contribution is 0.0931. The van der Waals surface area contributed by atoms with Gasteiger partial charge in [0, 0.05) is 23.7 Å². The van der Waals surface area contributed by atoms with Crippen LogP contribution in [-0.4, -0.2) is 23.5 Å². The monoisotopic (exact) mass is 283 g/mol. The van der Waals surface area contributed by atoms with E-state index in [1.807, 2.05) is 37.3 Å². The number of fused-ring (bicyclic) bond motifs is 1. The fourth-order valence-electron chi connectivity index (χ4n) is 2.62. The Kier molecular flexibility index (Phi) is 3.78. The minimum Gasteiger partial charge on any atom is -0.385 e. The van der Waals surface area contributed by atoms with Gasteiger partial charge in [-0.15, -0.1) is 0 Å². The summed E-state index contributed by atoms with van der Waals surface area (Å²) in [5, 5.41) is 7.42. The van der Waals surface area contributed by atoms with Gasteiger partial charge in [-0.3, -0.25) is 4.79 Å². The summed E-state index contributed by atoms with van der Waals surface area (Å²) in [6, 6.07) is 9.97. The predicted molar refractivity (Wildman–Crippen MR) is 85.6 cm³/mol. The quantitative estimate of drug-likeness (QED) is 0.886. The number of nitrogens with zero attached hydrogens (tertiary/aromatic N) is 1. The Bertz CT molecular complexity index is 664. The third-order valence-electron chi connectivity index (χ3n) is 4.00. The van der Waals surface area contributed by atoms with Gasteiger partial charge in [0.05, 0.1) is 5.52 Å². The third-order valence-corrected chi connectivity index (χ3v) is 4.00. The average Bonchev–Trinajstić information content (AvgIpc) is 3.32. The van der Waals surface area contributed by atoms with Gasteiger partial charge >= 0.3 is 0 Å². The molecule has 0 radical (unpaired) electrons. The van der Waals surface area contributed by atoms with Gasteiger partial charge in [0.2, 0.25) is 0 Å². The van der Waals surface area contributed by atoms with Gasteiger partial charge < -0.3 is 10.6 Å². The number of rotatable bonds is 5. The van der Waals surface area contributed by atoms with Crippen molar-refractivity contribution in [1.29, 1.82) is 0 Å². The minimum atomic E-state index is -0.0840. The second-order valence-electron chi connectivity index (χ2n) is 5.70. The van der Waals surface area contributed by atoms with Gasteiger partial charge in [0.15, 0.2) is 0 Å². The van der Waals surface area contributed by atoms with Crippen LogP contribution in [0.1, 0.15) is 37.2 Å². The van der Waals surface area contributed by atoms with Crippen molar-refractivity contribution >= 4 is 22.5 Å². The molecule has 4 heteroatoms. The molecule has 2 aromatic rings. The predicted octanol–water partition coefficient (Wildman–Crippen LogP) is 3.19. The molecule has 110 valence electrons. The number of hydrogen-bond donors (Lipinski definition) is 2. The summed E-state index contributed by atoms with van der Waals surface area (Å²) in [5.74, 6) is 0.557. The van der Waals surface area contributed by atoms with E-state index in [9.17, 15) is 4.79 Å². The highest BCUT2D eigenvalue weighted by atomic mass is 16.1. The fourth-order valence-corrected chi connectivity index (χ4v) is 2.62. The van der Waals surface area contributed by atoms with E-state index in [1.54, 1.807) is 0 Å². The molecule has 1 aliphatic rings. The zero-order chi connectivity index (χ0) is 14.8. The number of para-hydroxylation sites is 1. The molecule has 1 aromatic carbocycles. The SMILES string of the molecule is CCNc1cc(C(=O)NC(C)C2CC2)nc2ccccc12. The highest BCUT2D eigenvalue weighted by Crippen LogP contribution is 2.32. The van der Waals surface area contributed by atoms with Crippen molar-refractivity contribution in [3.63, 3.8) is 0 Å². The first-order valence-electron chi connectivity index (χ1n) is 7.63. The van der Waals surface area contributed by atoms with Crippen LogP contribution >= 0.6 is 0 Å². The number of anilines is 1. The number of amides is 1. The second-order valence-corrected chi connectivity index (χ2v) is 5.70. The van der Waals surface area contributed by atoms with Crippen molar-refractivity contribution in [2.45, 2.75) is 32.7 Å². The number of carbonyl (C=O) groups excluding carboxylic acids is 1. The second kappa shape index (κ2) is 5.72. The summed E-state index contributed by atoms with van der Waals surface area (Å²) in [6.07, 6.45) is 2.43. The molecule has 1 saturated carbocycles. The van der Waals surface area contributed by atoms with Gasteiger partial charge in [-0.25, -0.2) is 4.98 Å². The van der Waals surface area contributed by atoms with Gasteiger partial charge in [0.25, 0.3) is 5.91 Å². The van der Waals surface area contributed by atoms with Crippen LogP contribution in [0, 0.1) is 5.92 Å². The molecule has 1 atom stereocenters. The van der Waals surface area contributed by atoms with E-state index >= 15 is 0 Å². The number of hydrogen-bond acceptors (Lipinski definition) is 3. The van der Waals surface area contributed by atoms with E-state index in [2.05, 4.69) is 22.5 Å². The van der Waals surface area contributed by atoms with Crippen LogP contribution in [0.5, 0.6) is 0 Å². The van der Waals surface area contributed by atoms with Crippen molar-refractivity contribution in [3.05, 3.63) is 36.0 Å². The van der Waals surface area contributed by atoms with Crippen molar-refractivity contribution in [1.82, 2.24) is 10.3 Å². The molecule has 1 fully saturated rings. The Morgan fingerprint density at radius 2 is 2.14 bits per heavy atom. The molecule has 0 spiro atoms. The molecule has 21 heavy (non-hydrogen) atoms. The number of benzene rings is 1. The average molecular weight is 283 g/mol. The Morgan fingerprint density at radius 3 is 2.86 bits per heavy atom. The van der Waals surface area contributed by atoms with Crippen LogP contribution in [0.15, 0.2) is 30.3 Å². The zero-order valence-electron chi connectivity index (χ0n) is 12.5. The maximum atomic E-state index is 12.4. The molecule has 3 rings (SSSR count). The molecule has 1 heterocycles. The summed E-state index contributed by atoms with van der Waals surface area (Å²) >= 11 is 0. The van der Waals surface area contributed by atoms with E-state index in [-0.39, 0.29) is 11.9 Å². The summed E-state index contributed by atoms with van der Waals surface area (Å²) in [5.41, 5.74) is 2.30. The summed E-state index contributed by atoms with van der Waals surface area (Å²) in [6.45, 7) is 4.93. The molecule has 4 nitrogen and oxygen atoms in total. The van der Waals surface area contributed by atoms with E-state index in [0.717, 1.165) is 23.1 Å². The Hall–Kier alpha value is -2.10. The van der Waals surface area contributed by atoms with E-state index in [4.69, 9.17) is 0 Å². The smallest absolute Gasteiger partial charge is 0.270 e. The van der Waals surface area contributed by atoms with Gasteiger partial charge in [0.1, 0.15) is 5.69 Å². The molecule has 1 aromatic heterocycles. The fraction of sp³-hybridized carbons (Fsp3) is 0.412. The van der Waals surface area contributed by atoms with Crippen LogP contribution in [0.25, 0.3) is 10.9 Å². The highest BCUT2D eigenvalue weighted by Gasteiger charge is 2.29. The molecular weight excluding hydrogens is 262 g/mol. The van der Waals surface area contributed by atoms with Crippen LogP contribution in [0.3, 0.4) is 0 Å². The Balaban J connectivity index is 1.92. The van der Waals surface area contributed by atoms with Crippen molar-refractivity contribution < 1.29 is 4.79 Å². The number of nitrogens with one attached hydrogen (secondary N) is 2. The molecule has 1 amide bonds. The van der Waals surface area contributed by atoms with Crippen LogP contribution in [0.4, 0.5) is 5.69 Å². The summed E-state index contributed by atoms with van der Waals surface area (Å²) < 4.78 is 0. The topological polar surface area (TPSA) is 54.0 Å². The lowest BCUT2D eigenvalue weighted by atomic mass is 10.1. The van der Waals surface area contributed by atoms with E-state index < -0.39 is 0 Å². The molecular formula is C17H21N3O. The number of aromatic nitrogens is 1. The maximum Gasteiger partial charge on any atom is 0.270 e. The number of pyridine rings is 1. The van der Waals surface area contributed by atoms with E-state index in [1.165, 1.54) is 12.8 Å². The van der Waals surface area contributed by atoms with Gasteiger partial charge in [-0.1, -0.05) is 18.2 Å². The Morgan fingerprint density at radius 1 is 1.38 bits per heavy atom. The van der Waals surface area contributed by atoms with Crippen LogP contribution < -0.4 is 10.6 Å². The number of carbonyl (C=O) groups is 1. The molecule has 1 unspecified atom stereocenters. The lowest BCUT2D eigenvalue weighted by Gasteiger charge is -2.14. The first-order valence-corrected chi connectivity index (χ1v) is 7.63. The normalized spacial score (nSPS) is 15.7. The lowest BCUT2D eigenvalue weighted by Crippen LogP contribution is -2.34. The zero-order valence-corrected chi connectivity index (χ0v) is 12.5. The first-order chi connectivity index (χ1) is 10.2. The molecule has 0 aliphatic heterocycles. The van der Waals surface area contributed by atoms with Crippen molar-refractivity contribution in [2.75, 3.05) is 11.9 Å². The van der Waals surface area contributed by atoms with Crippen LogP contribution in [-0.2, 0) is 0 Å². The summed E-state index contributed by atoms with van der Waals surface area (Å²) in [7, 11) is 0. The van der Waals surface area contributed by atoms with Gasteiger partial charge in [-0.05, 0) is 44.7 Å². The van der Waals surface area contributed by atoms with Crippen molar-refractivity contribution in [3.8, 4) is 0 Å². The minimum absolute atomic E-state index is 0.0840. The maximum absolute atomic E-state index is 12.4. The molecule has 0 saturated heterocycles. The first kappa shape index (κ1) is 13.9. The molecule has 0 bridgehead atoms. The Labute approximate surface area is 125 Å². The third kappa shape index (κ3) is 2.99. The molecule has 2 N–H and O–H groups in total. The van der Waals surface area contributed by atoms with Gasteiger partial charge in [-0.2, -0.15) is 0 Å².